The molecule has 7 aromatic carbocycles. The molecule has 0 N–H and O–H groups in total. The fourth-order valence-corrected chi connectivity index (χ4v) is 8.13. The van der Waals surface area contributed by atoms with Gasteiger partial charge in [-0.25, -0.2) is 9.97 Å². The van der Waals surface area contributed by atoms with Gasteiger partial charge in [0.15, 0.2) is 0 Å². The maximum atomic E-state index is 5.17. The fourth-order valence-electron chi connectivity index (χ4n) is 8.13. The van der Waals surface area contributed by atoms with Crippen LogP contribution in [0.3, 0.4) is 0 Å². The minimum absolute atomic E-state index is 0.920. The molecule has 0 aliphatic carbocycles. The van der Waals surface area contributed by atoms with Crippen LogP contribution >= 0.6 is 0 Å². The number of fused-ring (bicyclic) bond motifs is 5. The Bertz CT molecular complexity index is 3260. The van der Waals surface area contributed by atoms with E-state index < -0.39 is 0 Å². The minimum atomic E-state index is 0.920. The average molecular weight is 739 g/mol. The third kappa shape index (κ3) is 6.14. The third-order valence-electron chi connectivity index (χ3n) is 11.1. The first-order valence-electron chi connectivity index (χ1n) is 19.5. The van der Waals surface area contributed by atoms with E-state index in [0.29, 0.717) is 0 Å². The van der Waals surface area contributed by atoms with E-state index in [2.05, 4.69) is 198 Å². The van der Waals surface area contributed by atoms with Crippen LogP contribution in [-0.4, -0.2) is 19.9 Å². The summed E-state index contributed by atoms with van der Waals surface area (Å²) in [6.07, 6.45) is 3.70. The minimum Gasteiger partial charge on any atom is -0.254 e. The zero-order valence-corrected chi connectivity index (χ0v) is 31.4. The van der Waals surface area contributed by atoms with Crippen LogP contribution < -0.4 is 0 Å². The molecule has 0 saturated carbocycles. The molecule has 0 spiro atoms. The standard InChI is InChI=1S/C54H34N4/c1-3-8-35(9-4-1)44-32-45(36-10-5-2-6-11-36)34-46(33-44)52-26-21-43-31-41(19-24-51(43)58-52)40-18-23-50-42(30-40)20-25-49(57-50)38-15-13-37(14-16-38)47-27-29-56-54-48(47)22-17-39-12-7-28-55-53(39)54/h1-34H. The molecule has 270 valence electrons. The van der Waals surface area contributed by atoms with E-state index >= 15 is 0 Å². The van der Waals surface area contributed by atoms with Crippen molar-refractivity contribution in [2.75, 3.05) is 0 Å². The van der Waals surface area contributed by atoms with Gasteiger partial charge in [-0.05, 0) is 111 Å². The number of hydrogen-bond acceptors (Lipinski definition) is 4. The molecule has 4 nitrogen and oxygen atoms in total. The monoisotopic (exact) mass is 738 g/mol. The van der Waals surface area contributed by atoms with Gasteiger partial charge >= 0.3 is 0 Å². The Morgan fingerprint density at radius 2 is 0.810 bits per heavy atom. The summed E-state index contributed by atoms with van der Waals surface area (Å²) in [6, 6.07) is 68.6. The number of pyridine rings is 4. The van der Waals surface area contributed by atoms with Gasteiger partial charge in [-0.2, -0.15) is 0 Å². The molecule has 0 bridgehead atoms. The van der Waals surface area contributed by atoms with Crippen molar-refractivity contribution < 1.29 is 0 Å². The zero-order chi connectivity index (χ0) is 38.4. The van der Waals surface area contributed by atoms with Crippen molar-refractivity contribution in [1.82, 2.24) is 19.9 Å². The Balaban J connectivity index is 0.872. The van der Waals surface area contributed by atoms with Crippen LogP contribution in [0.1, 0.15) is 0 Å². The maximum absolute atomic E-state index is 5.17. The molecule has 0 saturated heterocycles. The van der Waals surface area contributed by atoms with E-state index in [4.69, 9.17) is 9.97 Å². The summed E-state index contributed by atoms with van der Waals surface area (Å²) < 4.78 is 0. The zero-order valence-electron chi connectivity index (χ0n) is 31.4. The van der Waals surface area contributed by atoms with Gasteiger partial charge in [-0.15, -0.1) is 0 Å². The fraction of sp³-hybridized carbons (Fsp3) is 0. The van der Waals surface area contributed by atoms with Gasteiger partial charge < -0.3 is 0 Å². The highest BCUT2D eigenvalue weighted by Gasteiger charge is 2.12. The first-order valence-corrected chi connectivity index (χ1v) is 19.5. The Hall–Kier alpha value is -7.82. The number of benzene rings is 7. The lowest BCUT2D eigenvalue weighted by Gasteiger charge is -2.12. The van der Waals surface area contributed by atoms with Gasteiger partial charge in [0.05, 0.1) is 33.5 Å². The Morgan fingerprint density at radius 1 is 0.276 bits per heavy atom. The normalized spacial score (nSPS) is 11.4. The van der Waals surface area contributed by atoms with E-state index in [9.17, 15) is 0 Å². The van der Waals surface area contributed by atoms with Gasteiger partial charge in [0, 0.05) is 45.1 Å². The summed E-state index contributed by atoms with van der Waals surface area (Å²) >= 11 is 0. The molecule has 0 unspecified atom stereocenters. The SMILES string of the molecule is c1ccc(-c2cc(-c3ccccc3)cc(-c3ccc4cc(-c5ccc6nc(-c7ccc(-c8ccnc9c8ccc8cccnc89)cc7)ccc6c5)ccc4n3)c2)cc1. The average Bonchev–Trinajstić information content (AvgIpc) is 3.31. The third-order valence-corrected chi connectivity index (χ3v) is 11.1. The number of aromatic nitrogens is 4. The highest BCUT2D eigenvalue weighted by Crippen LogP contribution is 2.36. The smallest absolute Gasteiger partial charge is 0.0970 e. The molecule has 0 aliphatic heterocycles. The van der Waals surface area contributed by atoms with E-state index in [1.807, 2.05) is 18.5 Å². The summed E-state index contributed by atoms with van der Waals surface area (Å²) in [5.74, 6) is 0. The van der Waals surface area contributed by atoms with Crippen LogP contribution in [0.15, 0.2) is 207 Å². The second-order valence-corrected chi connectivity index (χ2v) is 14.7. The number of hydrogen-bond donors (Lipinski definition) is 0. The lowest BCUT2D eigenvalue weighted by atomic mass is 9.94. The summed E-state index contributed by atoms with van der Waals surface area (Å²) in [5, 5.41) is 4.39. The van der Waals surface area contributed by atoms with Gasteiger partial charge in [-0.1, -0.05) is 127 Å². The number of nitrogens with zero attached hydrogens (tertiary/aromatic N) is 4. The number of rotatable bonds is 6. The predicted molar refractivity (Wildman–Crippen MR) is 240 cm³/mol. The van der Waals surface area contributed by atoms with Crippen molar-refractivity contribution in [1.29, 1.82) is 0 Å². The first-order chi connectivity index (χ1) is 28.7. The molecular formula is C54H34N4. The Kier molecular flexibility index (Phi) is 8.11. The first kappa shape index (κ1) is 33.5. The van der Waals surface area contributed by atoms with E-state index in [1.54, 1.807) is 0 Å². The molecule has 4 aromatic heterocycles. The molecule has 0 atom stereocenters. The van der Waals surface area contributed by atoms with Crippen molar-refractivity contribution in [2.45, 2.75) is 0 Å². The lowest BCUT2D eigenvalue weighted by molar-refractivity contribution is 1.37. The van der Waals surface area contributed by atoms with Gasteiger partial charge in [0.1, 0.15) is 0 Å². The van der Waals surface area contributed by atoms with Gasteiger partial charge in [0.25, 0.3) is 0 Å². The molecule has 0 fully saturated rings. The molecule has 58 heavy (non-hydrogen) atoms. The van der Waals surface area contributed by atoms with Crippen LogP contribution in [0.25, 0.3) is 111 Å². The molecule has 0 amide bonds. The molecule has 4 heteroatoms. The maximum Gasteiger partial charge on any atom is 0.0970 e. The summed E-state index contributed by atoms with van der Waals surface area (Å²) in [4.78, 5) is 19.6. The van der Waals surface area contributed by atoms with Crippen molar-refractivity contribution in [3.8, 4) is 67.0 Å². The molecular weight excluding hydrogens is 705 g/mol. The lowest BCUT2D eigenvalue weighted by Crippen LogP contribution is -1.90. The topological polar surface area (TPSA) is 51.6 Å². The van der Waals surface area contributed by atoms with E-state index in [0.717, 1.165) is 88.4 Å². The predicted octanol–water partition coefficient (Wildman–Crippen LogP) is 13.9. The van der Waals surface area contributed by atoms with Crippen LogP contribution in [-0.2, 0) is 0 Å². The van der Waals surface area contributed by atoms with Gasteiger partial charge in [0.2, 0.25) is 0 Å². The largest absolute Gasteiger partial charge is 0.254 e. The van der Waals surface area contributed by atoms with Crippen molar-refractivity contribution in [3.05, 3.63) is 207 Å². The van der Waals surface area contributed by atoms with E-state index in [1.165, 1.54) is 22.3 Å². The molecule has 4 heterocycles. The van der Waals surface area contributed by atoms with E-state index in [-0.39, 0.29) is 0 Å². The van der Waals surface area contributed by atoms with Crippen LogP contribution in [0.2, 0.25) is 0 Å². The van der Waals surface area contributed by atoms with Crippen molar-refractivity contribution in [2.24, 2.45) is 0 Å². The summed E-state index contributed by atoms with van der Waals surface area (Å²) in [7, 11) is 0. The second kappa shape index (κ2) is 14.0. The molecule has 11 aromatic rings. The molecule has 0 aliphatic rings. The van der Waals surface area contributed by atoms with Crippen LogP contribution in [0.5, 0.6) is 0 Å². The highest BCUT2D eigenvalue weighted by molar-refractivity contribution is 6.08. The van der Waals surface area contributed by atoms with Crippen molar-refractivity contribution >= 4 is 43.6 Å². The van der Waals surface area contributed by atoms with Crippen molar-refractivity contribution in [3.63, 3.8) is 0 Å². The summed E-state index contributed by atoms with van der Waals surface area (Å²) in [5.41, 5.74) is 17.1. The molecule has 0 radical (unpaired) electrons. The Labute approximate surface area is 335 Å². The quantitative estimate of drug-likeness (QED) is 0.159. The second-order valence-electron chi connectivity index (χ2n) is 14.7. The van der Waals surface area contributed by atoms with Gasteiger partial charge in [-0.3, -0.25) is 9.97 Å². The highest BCUT2D eigenvalue weighted by atomic mass is 14.7. The molecule has 11 rings (SSSR count). The Morgan fingerprint density at radius 3 is 1.45 bits per heavy atom. The van der Waals surface area contributed by atoms with Crippen LogP contribution in [0.4, 0.5) is 0 Å². The summed E-state index contributed by atoms with van der Waals surface area (Å²) in [6.45, 7) is 0. The van der Waals surface area contributed by atoms with Crippen LogP contribution in [0, 0.1) is 0 Å².